The number of hydrogen-bond donors (Lipinski definition) is 3. The van der Waals surface area contributed by atoms with Gasteiger partial charge in [-0.1, -0.05) is 6.07 Å². The molecule has 0 radical (unpaired) electrons. The highest BCUT2D eigenvalue weighted by Gasteiger charge is 2.17. The zero-order chi connectivity index (χ0) is 14.6. The number of ether oxygens (including phenoxy) is 1. The Kier molecular flexibility index (Phi) is 5.01. The van der Waals surface area contributed by atoms with Crippen molar-refractivity contribution in [2.24, 2.45) is 10.9 Å². The Bertz CT molecular complexity index is 571. The molecule has 0 spiro atoms. The first-order valence-corrected chi connectivity index (χ1v) is 6.99. The van der Waals surface area contributed by atoms with Crippen LogP contribution in [0.3, 0.4) is 0 Å². The van der Waals surface area contributed by atoms with Gasteiger partial charge in [-0.25, -0.2) is 13.6 Å². The van der Waals surface area contributed by atoms with Crippen LogP contribution in [-0.2, 0) is 19.6 Å². The second-order valence-corrected chi connectivity index (χ2v) is 5.55. The van der Waals surface area contributed by atoms with Gasteiger partial charge in [-0.2, -0.15) is 0 Å². The first kappa shape index (κ1) is 15.6. The number of carbonyl (C=O) groups excluding carboxylic acids is 1. The summed E-state index contributed by atoms with van der Waals surface area (Å²) in [7, 11) is -2.40. The zero-order valence-corrected chi connectivity index (χ0v) is 11.5. The molecular formula is C11H17N3O4S. The summed E-state index contributed by atoms with van der Waals surface area (Å²) >= 11 is 0. The van der Waals surface area contributed by atoms with E-state index in [2.05, 4.69) is 5.32 Å². The van der Waals surface area contributed by atoms with Gasteiger partial charge < -0.3 is 15.8 Å². The molecule has 0 saturated heterocycles. The summed E-state index contributed by atoms with van der Waals surface area (Å²) < 4.78 is 27.5. The number of methoxy groups -OCH3 is 1. The van der Waals surface area contributed by atoms with Crippen molar-refractivity contribution in [1.82, 2.24) is 0 Å². The molecule has 0 aliphatic rings. The number of amides is 1. The largest absolute Gasteiger partial charge is 0.383 e. The quantitative estimate of drug-likeness (QED) is 0.676. The van der Waals surface area contributed by atoms with Crippen molar-refractivity contribution in [1.29, 1.82) is 0 Å². The summed E-state index contributed by atoms with van der Waals surface area (Å²) in [4.78, 5) is 11.7. The Morgan fingerprint density at radius 2 is 2.11 bits per heavy atom. The van der Waals surface area contributed by atoms with Gasteiger partial charge in [-0.15, -0.1) is 0 Å². The third-order valence-electron chi connectivity index (χ3n) is 2.53. The highest BCUT2D eigenvalue weighted by molar-refractivity contribution is 7.89. The van der Waals surface area contributed by atoms with Crippen molar-refractivity contribution < 1.29 is 17.9 Å². The van der Waals surface area contributed by atoms with Gasteiger partial charge in [0.2, 0.25) is 15.9 Å². The van der Waals surface area contributed by atoms with Crippen LogP contribution in [0.5, 0.6) is 0 Å². The van der Waals surface area contributed by atoms with Crippen molar-refractivity contribution in [3.05, 3.63) is 23.8 Å². The Balaban J connectivity index is 3.01. The van der Waals surface area contributed by atoms with E-state index in [0.717, 1.165) is 0 Å². The van der Waals surface area contributed by atoms with Gasteiger partial charge in [0.1, 0.15) is 6.04 Å². The summed E-state index contributed by atoms with van der Waals surface area (Å²) in [6.07, 6.45) is 0. The van der Waals surface area contributed by atoms with Gasteiger partial charge in [0.25, 0.3) is 0 Å². The molecule has 7 nitrogen and oxygen atoms in total. The molecule has 1 unspecified atom stereocenters. The number of benzene rings is 1. The molecule has 8 heteroatoms. The summed E-state index contributed by atoms with van der Waals surface area (Å²) in [5.74, 6) is -0.462. The van der Waals surface area contributed by atoms with Crippen LogP contribution >= 0.6 is 0 Å². The van der Waals surface area contributed by atoms with Gasteiger partial charge in [0, 0.05) is 12.8 Å². The SMILES string of the molecule is COCC(N)C(=O)Nc1cccc(S(N)(=O)=O)c1C. The monoisotopic (exact) mass is 287 g/mol. The Hall–Kier alpha value is -1.48. The van der Waals surface area contributed by atoms with E-state index in [1.807, 2.05) is 0 Å². The number of rotatable bonds is 5. The lowest BCUT2D eigenvalue weighted by Gasteiger charge is -2.14. The Morgan fingerprint density at radius 3 is 2.63 bits per heavy atom. The topological polar surface area (TPSA) is 125 Å². The standard InChI is InChI=1S/C11H17N3O4S/c1-7-9(14-11(15)8(12)6-18-2)4-3-5-10(7)19(13,16)17/h3-5,8H,6,12H2,1-2H3,(H,14,15)(H2,13,16,17). The second kappa shape index (κ2) is 6.11. The summed E-state index contributed by atoms with van der Waals surface area (Å²) in [6, 6.07) is 3.60. The van der Waals surface area contributed by atoms with Crippen LogP contribution in [0.4, 0.5) is 5.69 Å². The average Bonchev–Trinajstić information content (AvgIpc) is 2.30. The van der Waals surface area contributed by atoms with Crippen LogP contribution < -0.4 is 16.2 Å². The smallest absolute Gasteiger partial charge is 0.243 e. The molecule has 1 aromatic rings. The van der Waals surface area contributed by atoms with Gasteiger partial charge in [-0.3, -0.25) is 4.79 Å². The molecule has 19 heavy (non-hydrogen) atoms. The van der Waals surface area contributed by atoms with Gasteiger partial charge in [-0.05, 0) is 24.6 Å². The minimum absolute atomic E-state index is 0.0365. The van der Waals surface area contributed by atoms with Crippen molar-refractivity contribution in [3.63, 3.8) is 0 Å². The molecule has 1 amide bonds. The van der Waals surface area contributed by atoms with E-state index < -0.39 is 22.0 Å². The van der Waals surface area contributed by atoms with E-state index in [9.17, 15) is 13.2 Å². The number of carbonyl (C=O) groups is 1. The van der Waals surface area contributed by atoms with E-state index >= 15 is 0 Å². The van der Waals surface area contributed by atoms with Crippen LogP contribution in [0.15, 0.2) is 23.1 Å². The van der Waals surface area contributed by atoms with Crippen LogP contribution in [0.1, 0.15) is 5.56 Å². The molecule has 0 bridgehead atoms. The van der Waals surface area contributed by atoms with Crippen molar-refractivity contribution in [2.45, 2.75) is 17.9 Å². The minimum atomic E-state index is -3.83. The average molecular weight is 287 g/mol. The van der Waals surface area contributed by atoms with E-state index in [1.54, 1.807) is 13.0 Å². The fourth-order valence-electron chi connectivity index (χ4n) is 1.54. The number of nitrogens with one attached hydrogen (secondary N) is 1. The van der Waals surface area contributed by atoms with E-state index in [0.29, 0.717) is 11.3 Å². The molecule has 0 saturated carbocycles. The third kappa shape index (κ3) is 4.00. The number of nitrogens with two attached hydrogens (primary N) is 2. The molecule has 0 fully saturated rings. The highest BCUT2D eigenvalue weighted by Crippen LogP contribution is 2.21. The number of anilines is 1. The molecule has 0 heterocycles. The van der Waals surface area contributed by atoms with Gasteiger partial charge in [0.15, 0.2) is 0 Å². The maximum absolute atomic E-state index is 11.7. The molecule has 0 aliphatic carbocycles. The molecule has 0 aliphatic heterocycles. The van der Waals surface area contributed by atoms with Crippen LogP contribution in [0.25, 0.3) is 0 Å². The predicted octanol–water partition coefficient (Wildman–Crippen LogP) is -0.445. The first-order valence-electron chi connectivity index (χ1n) is 5.45. The fourth-order valence-corrected chi connectivity index (χ4v) is 2.34. The van der Waals surface area contributed by atoms with Crippen LogP contribution in [0, 0.1) is 6.92 Å². The van der Waals surface area contributed by atoms with Crippen LogP contribution in [-0.4, -0.2) is 34.1 Å². The lowest BCUT2D eigenvalue weighted by atomic mass is 10.2. The lowest BCUT2D eigenvalue weighted by molar-refractivity contribution is -0.118. The molecular weight excluding hydrogens is 270 g/mol. The molecule has 5 N–H and O–H groups in total. The number of sulfonamides is 1. The highest BCUT2D eigenvalue weighted by atomic mass is 32.2. The molecule has 1 rings (SSSR count). The van der Waals surface area contributed by atoms with Crippen molar-refractivity contribution in [3.8, 4) is 0 Å². The maximum Gasteiger partial charge on any atom is 0.243 e. The van der Waals surface area contributed by atoms with Crippen molar-refractivity contribution in [2.75, 3.05) is 19.0 Å². The van der Waals surface area contributed by atoms with Crippen LogP contribution in [0.2, 0.25) is 0 Å². The van der Waals surface area contributed by atoms with E-state index in [-0.39, 0.29) is 11.5 Å². The van der Waals surface area contributed by atoms with Gasteiger partial charge in [0.05, 0.1) is 11.5 Å². The fraction of sp³-hybridized carbons (Fsp3) is 0.364. The third-order valence-corrected chi connectivity index (χ3v) is 3.59. The predicted molar refractivity (Wildman–Crippen MR) is 71.0 cm³/mol. The second-order valence-electron chi connectivity index (χ2n) is 4.02. The van der Waals surface area contributed by atoms with E-state index in [1.165, 1.54) is 19.2 Å². The van der Waals surface area contributed by atoms with E-state index in [4.69, 9.17) is 15.6 Å². The molecule has 0 aromatic heterocycles. The maximum atomic E-state index is 11.7. The number of primary sulfonamides is 1. The summed E-state index contributed by atoms with van der Waals surface area (Å²) in [5.41, 5.74) is 6.28. The zero-order valence-electron chi connectivity index (χ0n) is 10.7. The van der Waals surface area contributed by atoms with Crippen molar-refractivity contribution >= 4 is 21.6 Å². The molecule has 1 aromatic carbocycles. The summed E-state index contributed by atoms with van der Waals surface area (Å²) in [6.45, 7) is 1.62. The lowest BCUT2D eigenvalue weighted by Crippen LogP contribution is -2.39. The first-order chi connectivity index (χ1) is 8.77. The minimum Gasteiger partial charge on any atom is -0.383 e. The van der Waals surface area contributed by atoms with Gasteiger partial charge >= 0.3 is 0 Å². The normalized spacial score (nSPS) is 13.1. The molecule has 106 valence electrons. The summed E-state index contributed by atoms with van der Waals surface area (Å²) in [5, 5.41) is 7.62. The number of hydrogen-bond acceptors (Lipinski definition) is 5. The molecule has 1 atom stereocenters. The Labute approximate surface area is 112 Å². The Morgan fingerprint density at radius 1 is 1.47 bits per heavy atom.